The van der Waals surface area contributed by atoms with Gasteiger partial charge in [0.05, 0.1) is 28.6 Å². The van der Waals surface area contributed by atoms with Gasteiger partial charge >= 0.3 is 5.97 Å². The zero-order valence-corrected chi connectivity index (χ0v) is 22.5. The number of carbonyl (C=O) groups excluding carboxylic acids is 1. The van der Waals surface area contributed by atoms with Crippen LogP contribution in [-0.4, -0.2) is 27.4 Å². The summed E-state index contributed by atoms with van der Waals surface area (Å²) in [7, 11) is 1.32. The number of thiazole rings is 1. The SMILES string of the molecule is COC(=O)C1=C(C)N=c2s/c(=C/c3cn(-c4ccccc4)nc3-c3ccc(F)cc3)c(=O)n2[C@@H]1c1cccs1. The lowest BCUT2D eigenvalue weighted by atomic mass is 10.0. The van der Waals surface area contributed by atoms with Gasteiger partial charge in [-0.1, -0.05) is 35.6 Å². The summed E-state index contributed by atoms with van der Waals surface area (Å²) < 4.78 is 22.5. The van der Waals surface area contributed by atoms with E-state index in [1.165, 1.54) is 41.9 Å². The van der Waals surface area contributed by atoms with Gasteiger partial charge in [-0.2, -0.15) is 5.10 Å². The van der Waals surface area contributed by atoms with Crippen LogP contribution in [0, 0.1) is 5.82 Å². The second-order valence-corrected chi connectivity index (χ2v) is 10.8. The van der Waals surface area contributed by atoms with Crippen molar-refractivity contribution in [3.63, 3.8) is 0 Å². The van der Waals surface area contributed by atoms with Gasteiger partial charge in [-0.05, 0) is 60.8 Å². The first-order valence-electron chi connectivity index (χ1n) is 12.0. The molecule has 3 aromatic heterocycles. The number of allylic oxidation sites excluding steroid dienone is 1. The number of benzene rings is 2. The molecule has 4 heterocycles. The quantitative estimate of drug-likeness (QED) is 0.300. The van der Waals surface area contributed by atoms with Gasteiger partial charge in [-0.3, -0.25) is 9.36 Å². The number of ether oxygens (including phenoxy) is 1. The molecule has 0 N–H and O–H groups in total. The molecule has 0 bridgehead atoms. The minimum Gasteiger partial charge on any atom is -0.466 e. The number of fused-ring (bicyclic) bond motifs is 1. The zero-order valence-electron chi connectivity index (χ0n) is 20.9. The second-order valence-electron chi connectivity index (χ2n) is 8.81. The van der Waals surface area contributed by atoms with E-state index in [1.54, 1.807) is 34.4 Å². The Kier molecular flexibility index (Phi) is 6.41. The molecule has 0 unspecified atom stereocenters. The third kappa shape index (κ3) is 4.47. The summed E-state index contributed by atoms with van der Waals surface area (Å²) in [5.74, 6) is -0.867. The molecule has 6 rings (SSSR count). The van der Waals surface area contributed by atoms with Gasteiger partial charge in [-0.25, -0.2) is 18.9 Å². The summed E-state index contributed by atoms with van der Waals surface area (Å²) in [6.45, 7) is 1.75. The van der Waals surface area contributed by atoms with Crippen molar-refractivity contribution in [1.82, 2.24) is 14.3 Å². The number of hydrogen-bond donors (Lipinski definition) is 0. The monoisotopic (exact) mass is 556 g/mol. The maximum absolute atomic E-state index is 13.9. The first-order valence-corrected chi connectivity index (χ1v) is 13.7. The van der Waals surface area contributed by atoms with Gasteiger partial charge in [-0.15, -0.1) is 11.3 Å². The Bertz CT molecular complexity index is 1900. The molecule has 0 radical (unpaired) electrons. The van der Waals surface area contributed by atoms with Crippen molar-refractivity contribution in [1.29, 1.82) is 0 Å². The molecule has 1 aliphatic rings. The Hall–Kier alpha value is -4.41. The molecule has 2 aromatic carbocycles. The molecule has 39 heavy (non-hydrogen) atoms. The Morgan fingerprint density at radius 1 is 1.08 bits per heavy atom. The molecule has 1 atom stereocenters. The molecule has 194 valence electrons. The Morgan fingerprint density at radius 2 is 1.85 bits per heavy atom. The minimum absolute atomic E-state index is 0.274. The molecule has 1 aliphatic heterocycles. The minimum atomic E-state index is -0.639. The number of carbonyl (C=O) groups is 1. The highest BCUT2D eigenvalue weighted by Gasteiger charge is 2.33. The van der Waals surface area contributed by atoms with Crippen LogP contribution in [0.4, 0.5) is 4.39 Å². The highest BCUT2D eigenvalue weighted by molar-refractivity contribution is 7.10. The van der Waals surface area contributed by atoms with Crippen molar-refractivity contribution >= 4 is 34.7 Å². The number of aromatic nitrogens is 3. The fraction of sp³-hybridized carbons (Fsp3) is 0.103. The van der Waals surface area contributed by atoms with Crippen LogP contribution >= 0.6 is 22.7 Å². The largest absolute Gasteiger partial charge is 0.466 e. The van der Waals surface area contributed by atoms with Crippen LogP contribution < -0.4 is 14.9 Å². The molecule has 5 aromatic rings. The average molecular weight is 557 g/mol. The predicted octanol–water partition coefficient (Wildman–Crippen LogP) is 4.46. The van der Waals surface area contributed by atoms with Crippen molar-refractivity contribution in [2.75, 3.05) is 7.11 Å². The number of nitrogens with zero attached hydrogens (tertiary/aromatic N) is 4. The third-order valence-electron chi connectivity index (χ3n) is 6.41. The van der Waals surface area contributed by atoms with Crippen LogP contribution in [0.25, 0.3) is 23.0 Å². The molecule has 0 fully saturated rings. The van der Waals surface area contributed by atoms with E-state index in [0.717, 1.165) is 10.6 Å². The zero-order chi connectivity index (χ0) is 27.1. The molecule has 0 amide bonds. The summed E-state index contributed by atoms with van der Waals surface area (Å²) in [6.07, 6.45) is 3.62. The van der Waals surface area contributed by atoms with Gasteiger partial charge in [0.25, 0.3) is 5.56 Å². The Balaban J connectivity index is 1.56. The topological polar surface area (TPSA) is 78.5 Å². The molecular formula is C29H21FN4O3S2. The maximum atomic E-state index is 13.9. The van der Waals surface area contributed by atoms with E-state index in [0.29, 0.717) is 37.4 Å². The lowest BCUT2D eigenvalue weighted by molar-refractivity contribution is -0.136. The summed E-state index contributed by atoms with van der Waals surface area (Å²) in [5, 5.41) is 6.67. The van der Waals surface area contributed by atoms with Crippen LogP contribution in [0.5, 0.6) is 0 Å². The van der Waals surface area contributed by atoms with E-state index in [-0.39, 0.29) is 11.4 Å². The van der Waals surface area contributed by atoms with E-state index in [1.807, 2.05) is 54.0 Å². The van der Waals surface area contributed by atoms with E-state index in [2.05, 4.69) is 4.99 Å². The normalized spacial score (nSPS) is 15.3. The van der Waals surface area contributed by atoms with E-state index >= 15 is 0 Å². The second kappa shape index (κ2) is 10.0. The molecule has 0 aliphatic carbocycles. The molecule has 7 nitrogen and oxygen atoms in total. The summed E-state index contributed by atoms with van der Waals surface area (Å²) in [5.41, 5.74) is 3.42. The molecule has 0 saturated carbocycles. The number of thiophene rings is 1. The van der Waals surface area contributed by atoms with Gasteiger partial charge in [0.2, 0.25) is 0 Å². The summed E-state index contributed by atoms with van der Waals surface area (Å²) >= 11 is 2.70. The van der Waals surface area contributed by atoms with Gasteiger partial charge in [0, 0.05) is 22.2 Å². The highest BCUT2D eigenvalue weighted by atomic mass is 32.1. The van der Waals surface area contributed by atoms with Crippen LogP contribution in [-0.2, 0) is 9.53 Å². The van der Waals surface area contributed by atoms with Gasteiger partial charge in [0.1, 0.15) is 17.6 Å². The van der Waals surface area contributed by atoms with Crippen molar-refractivity contribution in [3.8, 4) is 16.9 Å². The molecular weight excluding hydrogens is 535 g/mol. The lowest BCUT2D eigenvalue weighted by Gasteiger charge is -2.22. The number of methoxy groups -OCH3 is 1. The lowest BCUT2D eigenvalue weighted by Crippen LogP contribution is -2.39. The van der Waals surface area contributed by atoms with Crippen molar-refractivity contribution in [2.45, 2.75) is 13.0 Å². The van der Waals surface area contributed by atoms with Crippen LogP contribution in [0.15, 0.2) is 99.4 Å². The fourth-order valence-electron chi connectivity index (χ4n) is 4.59. The molecule has 0 spiro atoms. The van der Waals surface area contributed by atoms with E-state index in [4.69, 9.17) is 9.84 Å². The summed E-state index contributed by atoms with van der Waals surface area (Å²) in [6, 6.07) is 18.8. The predicted molar refractivity (Wildman–Crippen MR) is 149 cm³/mol. The van der Waals surface area contributed by atoms with Crippen LogP contribution in [0.1, 0.15) is 23.4 Å². The number of para-hydroxylation sites is 1. The van der Waals surface area contributed by atoms with E-state index in [9.17, 15) is 14.0 Å². The summed E-state index contributed by atoms with van der Waals surface area (Å²) in [4.78, 5) is 32.6. The average Bonchev–Trinajstić information content (AvgIpc) is 3.69. The number of esters is 1. The maximum Gasteiger partial charge on any atom is 0.338 e. The third-order valence-corrected chi connectivity index (χ3v) is 8.31. The van der Waals surface area contributed by atoms with Crippen molar-refractivity contribution in [3.05, 3.63) is 126 Å². The highest BCUT2D eigenvalue weighted by Crippen LogP contribution is 2.33. The molecule has 0 saturated heterocycles. The first-order chi connectivity index (χ1) is 18.9. The number of rotatable bonds is 5. The van der Waals surface area contributed by atoms with Gasteiger partial charge in [0.15, 0.2) is 4.80 Å². The Labute approximate surface area is 230 Å². The smallest absolute Gasteiger partial charge is 0.338 e. The molecule has 10 heteroatoms. The Morgan fingerprint density at radius 3 is 2.54 bits per heavy atom. The van der Waals surface area contributed by atoms with E-state index < -0.39 is 12.0 Å². The number of halogens is 1. The van der Waals surface area contributed by atoms with Crippen molar-refractivity contribution in [2.24, 2.45) is 4.99 Å². The fourth-order valence-corrected chi connectivity index (χ4v) is 6.45. The standard InChI is InChI=1S/C29H21FN4O3S2/c1-17-24(28(36)37-2)26(22-9-6-14-38-22)34-27(35)23(39-29(34)31-17)15-19-16-33(21-7-4-3-5-8-21)32-25(19)18-10-12-20(30)13-11-18/h3-16,26H,1-2H3/b23-15+/t26-/m1/s1. The van der Waals surface area contributed by atoms with Gasteiger partial charge < -0.3 is 4.74 Å². The first kappa shape index (κ1) is 24.9. The van der Waals surface area contributed by atoms with Crippen LogP contribution in [0.2, 0.25) is 0 Å². The van der Waals surface area contributed by atoms with Crippen LogP contribution in [0.3, 0.4) is 0 Å². The van der Waals surface area contributed by atoms with Crippen molar-refractivity contribution < 1.29 is 13.9 Å². The number of hydrogen-bond acceptors (Lipinski definition) is 7.